The Bertz CT molecular complexity index is 579. The zero-order chi connectivity index (χ0) is 14.8. The minimum atomic E-state index is -3.57. The van der Waals surface area contributed by atoms with E-state index in [1.165, 1.54) is 12.1 Å². The highest BCUT2D eigenvalue weighted by Gasteiger charge is 2.32. The minimum absolute atomic E-state index is 0.0258. The summed E-state index contributed by atoms with van der Waals surface area (Å²) in [5.74, 6) is -1.08. The van der Waals surface area contributed by atoms with Gasteiger partial charge in [0.15, 0.2) is 0 Å². The maximum absolute atomic E-state index is 12.7. The molecule has 20 heavy (non-hydrogen) atoms. The van der Waals surface area contributed by atoms with Crippen LogP contribution in [0, 0.1) is 0 Å². The first-order chi connectivity index (χ1) is 9.46. The molecule has 7 heteroatoms. The molecule has 2 rings (SSSR count). The van der Waals surface area contributed by atoms with Crippen LogP contribution in [-0.2, 0) is 10.0 Å². The number of hydrogen-bond donors (Lipinski definition) is 1. The lowest BCUT2D eigenvalue weighted by Gasteiger charge is -2.27. The maximum Gasteiger partial charge on any atom is 0.345 e. The fourth-order valence-electron chi connectivity index (χ4n) is 2.56. The Balaban J connectivity index is 2.33. The highest BCUT2D eigenvalue weighted by atomic mass is 32.2. The summed E-state index contributed by atoms with van der Waals surface area (Å²) in [6, 6.07) is 2.79. The van der Waals surface area contributed by atoms with Crippen LogP contribution in [0.4, 0.5) is 0 Å². The van der Waals surface area contributed by atoms with Crippen LogP contribution in [-0.4, -0.2) is 36.4 Å². The van der Waals surface area contributed by atoms with Crippen molar-refractivity contribution in [3.63, 3.8) is 0 Å². The molecule has 1 aromatic rings. The summed E-state index contributed by atoms with van der Waals surface area (Å²) in [5.41, 5.74) is 0. The Morgan fingerprint density at radius 2 is 2.15 bits per heavy atom. The number of aromatic carboxylic acids is 1. The summed E-state index contributed by atoms with van der Waals surface area (Å²) in [4.78, 5) is 11.0. The van der Waals surface area contributed by atoms with Gasteiger partial charge in [0.2, 0.25) is 0 Å². The summed E-state index contributed by atoms with van der Waals surface area (Å²) in [5, 5.41) is 8.92. The topological polar surface area (TPSA) is 74.7 Å². The Morgan fingerprint density at radius 1 is 1.40 bits per heavy atom. The second kappa shape index (κ2) is 6.24. The van der Waals surface area contributed by atoms with E-state index >= 15 is 0 Å². The van der Waals surface area contributed by atoms with Crippen LogP contribution in [0.5, 0.6) is 0 Å². The van der Waals surface area contributed by atoms with Gasteiger partial charge in [-0.15, -0.1) is 11.3 Å². The molecule has 5 nitrogen and oxygen atoms in total. The molecule has 0 spiro atoms. The number of rotatable bonds is 4. The number of carbonyl (C=O) groups is 1. The standard InChI is InChI=1S/C13H19NO4S2/c1-2-10-6-4-3-5-9-14(10)20(17,18)12-8-7-11(19-12)13(15)16/h7-8,10H,2-6,9H2,1H3,(H,15,16). The van der Waals surface area contributed by atoms with E-state index in [0.29, 0.717) is 6.54 Å². The molecule has 0 radical (unpaired) electrons. The SMILES string of the molecule is CCC1CCCCCN1S(=O)(=O)c1ccc(C(=O)O)s1. The summed E-state index contributed by atoms with van der Waals surface area (Å²) in [6.07, 6.45) is 4.64. The van der Waals surface area contributed by atoms with Gasteiger partial charge in [-0.25, -0.2) is 13.2 Å². The monoisotopic (exact) mass is 317 g/mol. The minimum Gasteiger partial charge on any atom is -0.477 e. The van der Waals surface area contributed by atoms with Crippen molar-refractivity contribution in [2.24, 2.45) is 0 Å². The van der Waals surface area contributed by atoms with Gasteiger partial charge in [-0.1, -0.05) is 19.8 Å². The normalized spacial score (nSPS) is 21.6. The van der Waals surface area contributed by atoms with Crippen LogP contribution in [0.1, 0.15) is 48.7 Å². The molecule has 0 bridgehead atoms. The van der Waals surface area contributed by atoms with Gasteiger partial charge in [0, 0.05) is 12.6 Å². The molecule has 1 atom stereocenters. The zero-order valence-electron chi connectivity index (χ0n) is 11.4. The molecule has 1 N–H and O–H groups in total. The van der Waals surface area contributed by atoms with Crippen LogP contribution in [0.15, 0.2) is 16.3 Å². The Morgan fingerprint density at radius 3 is 2.75 bits per heavy atom. The first-order valence-electron chi connectivity index (χ1n) is 6.81. The van der Waals surface area contributed by atoms with Crippen molar-refractivity contribution in [2.75, 3.05) is 6.54 Å². The molecule has 1 aromatic heterocycles. The predicted molar refractivity (Wildman–Crippen MR) is 77.7 cm³/mol. The third kappa shape index (κ3) is 3.05. The van der Waals surface area contributed by atoms with Gasteiger partial charge >= 0.3 is 5.97 Å². The number of nitrogens with zero attached hydrogens (tertiary/aromatic N) is 1. The average Bonchev–Trinajstić information content (AvgIpc) is 2.78. The molecule has 0 amide bonds. The van der Waals surface area contributed by atoms with Crippen molar-refractivity contribution in [3.05, 3.63) is 17.0 Å². The average molecular weight is 317 g/mol. The smallest absolute Gasteiger partial charge is 0.345 e. The van der Waals surface area contributed by atoms with E-state index in [2.05, 4.69) is 0 Å². The highest BCUT2D eigenvalue weighted by Crippen LogP contribution is 2.30. The summed E-state index contributed by atoms with van der Waals surface area (Å²) >= 11 is 0.832. The van der Waals surface area contributed by atoms with E-state index in [0.717, 1.165) is 43.4 Å². The lowest BCUT2D eigenvalue weighted by Crippen LogP contribution is -2.39. The van der Waals surface area contributed by atoms with Crippen LogP contribution in [0.25, 0.3) is 0 Å². The van der Waals surface area contributed by atoms with E-state index < -0.39 is 16.0 Å². The van der Waals surface area contributed by atoms with Gasteiger partial charge in [-0.2, -0.15) is 4.31 Å². The first-order valence-corrected chi connectivity index (χ1v) is 9.07. The van der Waals surface area contributed by atoms with Gasteiger partial charge in [0.1, 0.15) is 9.09 Å². The highest BCUT2D eigenvalue weighted by molar-refractivity contribution is 7.91. The van der Waals surface area contributed by atoms with E-state index in [9.17, 15) is 13.2 Å². The molecule has 1 aliphatic rings. The molecule has 0 aromatic carbocycles. The van der Waals surface area contributed by atoms with Gasteiger partial charge in [-0.3, -0.25) is 0 Å². The Labute approximate surface area is 123 Å². The molecule has 2 heterocycles. The summed E-state index contributed by atoms with van der Waals surface area (Å²) < 4.78 is 27.1. The third-order valence-electron chi connectivity index (χ3n) is 3.65. The molecular formula is C13H19NO4S2. The molecular weight excluding hydrogens is 298 g/mol. The van der Waals surface area contributed by atoms with Crippen molar-refractivity contribution < 1.29 is 18.3 Å². The molecule has 1 fully saturated rings. The van der Waals surface area contributed by atoms with Crippen molar-refractivity contribution in [1.29, 1.82) is 0 Å². The maximum atomic E-state index is 12.7. The first kappa shape index (κ1) is 15.5. The zero-order valence-corrected chi connectivity index (χ0v) is 13.0. The van der Waals surface area contributed by atoms with E-state index in [1.807, 2.05) is 6.92 Å². The number of thiophene rings is 1. The van der Waals surface area contributed by atoms with Crippen LogP contribution < -0.4 is 0 Å². The molecule has 0 saturated carbocycles. The molecule has 1 aliphatic heterocycles. The Kier molecular flexibility index (Phi) is 4.82. The van der Waals surface area contributed by atoms with Crippen LogP contribution in [0.2, 0.25) is 0 Å². The lowest BCUT2D eigenvalue weighted by molar-refractivity contribution is 0.0702. The fraction of sp³-hybridized carbons (Fsp3) is 0.615. The van der Waals surface area contributed by atoms with Gasteiger partial charge < -0.3 is 5.11 Å². The van der Waals surface area contributed by atoms with E-state index in [-0.39, 0.29) is 15.1 Å². The largest absolute Gasteiger partial charge is 0.477 e. The van der Waals surface area contributed by atoms with Gasteiger partial charge in [0.05, 0.1) is 0 Å². The van der Waals surface area contributed by atoms with Crippen molar-refractivity contribution >= 4 is 27.3 Å². The second-order valence-electron chi connectivity index (χ2n) is 4.95. The molecule has 112 valence electrons. The third-order valence-corrected chi connectivity index (χ3v) is 7.14. The molecule has 1 unspecified atom stereocenters. The Hall–Kier alpha value is -0.920. The van der Waals surface area contributed by atoms with Crippen molar-refractivity contribution in [2.45, 2.75) is 49.3 Å². The van der Waals surface area contributed by atoms with Gasteiger partial charge in [-0.05, 0) is 31.4 Å². The van der Waals surface area contributed by atoms with Crippen LogP contribution in [0.3, 0.4) is 0 Å². The summed E-state index contributed by atoms with van der Waals surface area (Å²) in [6.45, 7) is 2.52. The number of carboxylic acids is 1. The fourth-order valence-corrected chi connectivity index (χ4v) is 5.61. The molecule has 0 aliphatic carbocycles. The van der Waals surface area contributed by atoms with Crippen molar-refractivity contribution in [1.82, 2.24) is 4.31 Å². The second-order valence-corrected chi connectivity index (χ2v) is 8.15. The predicted octanol–water partition coefficient (Wildman–Crippen LogP) is 2.79. The molecule has 1 saturated heterocycles. The quantitative estimate of drug-likeness (QED) is 0.926. The van der Waals surface area contributed by atoms with Crippen LogP contribution >= 0.6 is 11.3 Å². The number of sulfonamides is 1. The van der Waals surface area contributed by atoms with E-state index in [4.69, 9.17) is 5.11 Å². The van der Waals surface area contributed by atoms with Crippen molar-refractivity contribution in [3.8, 4) is 0 Å². The number of hydrogen-bond acceptors (Lipinski definition) is 4. The van der Waals surface area contributed by atoms with E-state index in [1.54, 1.807) is 4.31 Å². The lowest BCUT2D eigenvalue weighted by atomic mass is 10.1. The number of carboxylic acid groups (broad SMARTS) is 1. The van der Waals surface area contributed by atoms with Gasteiger partial charge in [0.25, 0.3) is 10.0 Å². The summed E-state index contributed by atoms with van der Waals surface area (Å²) in [7, 11) is -3.57.